The van der Waals surface area contributed by atoms with Crippen LogP contribution >= 0.6 is 0 Å². The third-order valence-corrected chi connectivity index (χ3v) is 4.41. The lowest BCUT2D eigenvalue weighted by Gasteiger charge is -2.12. The van der Waals surface area contributed by atoms with Gasteiger partial charge in [0.25, 0.3) is 5.56 Å². The molecule has 1 aromatic heterocycles. The van der Waals surface area contributed by atoms with E-state index in [1.807, 2.05) is 31.2 Å². The molecule has 126 valence electrons. The number of rotatable bonds is 2. The Morgan fingerprint density at radius 3 is 2.28 bits per heavy atom. The quantitative estimate of drug-likeness (QED) is 0.743. The first-order valence-corrected chi connectivity index (χ1v) is 8.02. The van der Waals surface area contributed by atoms with Crippen LogP contribution in [-0.4, -0.2) is 15.8 Å². The van der Waals surface area contributed by atoms with Crippen LogP contribution < -0.4 is 5.56 Å². The predicted molar refractivity (Wildman–Crippen MR) is 99.2 cm³/mol. The molecular weight excluding hydrogens is 314 g/mol. The van der Waals surface area contributed by atoms with E-state index in [9.17, 15) is 9.59 Å². The Bertz CT molecular complexity index is 1030. The van der Waals surface area contributed by atoms with Gasteiger partial charge in [-0.05, 0) is 54.7 Å². The minimum atomic E-state index is -1.27. The van der Waals surface area contributed by atoms with E-state index < -0.39 is 11.7 Å². The number of carbonyl (C=O) groups is 1. The number of pyridine rings is 1. The van der Waals surface area contributed by atoms with E-state index in [0.29, 0.717) is 10.1 Å². The maximum absolute atomic E-state index is 12.2. The Morgan fingerprint density at radius 1 is 0.920 bits per heavy atom. The Balaban J connectivity index is 2.09. The summed E-state index contributed by atoms with van der Waals surface area (Å²) in [5.41, 5.74) is 6.17. The molecule has 0 saturated heterocycles. The van der Waals surface area contributed by atoms with Crippen LogP contribution in [0.3, 0.4) is 0 Å². The number of aryl methyl sites for hydroxylation is 2. The molecule has 3 aromatic rings. The summed E-state index contributed by atoms with van der Waals surface area (Å²) in [5, 5.41) is 9.04. The van der Waals surface area contributed by atoms with Gasteiger partial charge in [0.15, 0.2) is 0 Å². The van der Waals surface area contributed by atoms with Crippen LogP contribution in [-0.2, 0) is 0 Å². The molecule has 1 heterocycles. The van der Waals surface area contributed by atoms with Crippen molar-refractivity contribution >= 4 is 6.09 Å². The highest BCUT2D eigenvalue weighted by Gasteiger charge is 2.12. The van der Waals surface area contributed by atoms with E-state index in [4.69, 9.17) is 5.11 Å². The van der Waals surface area contributed by atoms with Crippen molar-refractivity contribution in [3.05, 3.63) is 81.8 Å². The summed E-state index contributed by atoms with van der Waals surface area (Å²) in [6.07, 6.45) is 0.0298. The molecule has 0 unspecified atom stereocenters. The van der Waals surface area contributed by atoms with E-state index in [2.05, 4.69) is 25.1 Å². The van der Waals surface area contributed by atoms with Crippen LogP contribution in [0.25, 0.3) is 22.3 Å². The van der Waals surface area contributed by atoms with Gasteiger partial charge in [0, 0.05) is 11.8 Å². The van der Waals surface area contributed by atoms with Crippen molar-refractivity contribution in [1.82, 2.24) is 4.57 Å². The van der Waals surface area contributed by atoms with E-state index in [1.54, 1.807) is 13.0 Å². The highest BCUT2D eigenvalue weighted by Crippen LogP contribution is 2.29. The van der Waals surface area contributed by atoms with Gasteiger partial charge in [0.1, 0.15) is 0 Å². The zero-order valence-electron chi connectivity index (χ0n) is 14.4. The molecule has 0 saturated carbocycles. The first kappa shape index (κ1) is 16.7. The van der Waals surface area contributed by atoms with Crippen molar-refractivity contribution in [2.45, 2.75) is 20.8 Å². The van der Waals surface area contributed by atoms with E-state index >= 15 is 0 Å². The average Bonchev–Trinajstić information content (AvgIpc) is 2.56. The monoisotopic (exact) mass is 333 g/mol. The first-order valence-electron chi connectivity index (χ1n) is 8.02. The van der Waals surface area contributed by atoms with Gasteiger partial charge in [-0.25, -0.2) is 9.36 Å². The molecule has 0 spiro atoms. The maximum atomic E-state index is 12.2. The zero-order chi connectivity index (χ0) is 18.1. The third-order valence-electron chi connectivity index (χ3n) is 4.41. The molecule has 0 fully saturated rings. The lowest BCUT2D eigenvalue weighted by molar-refractivity contribution is 0.195. The van der Waals surface area contributed by atoms with Gasteiger partial charge < -0.3 is 5.11 Å². The fraction of sp³-hybridized carbons (Fsp3) is 0.143. The fourth-order valence-corrected chi connectivity index (χ4v) is 3.07. The first-order chi connectivity index (χ1) is 11.9. The molecule has 4 heteroatoms. The second-order valence-corrected chi connectivity index (χ2v) is 6.21. The summed E-state index contributed by atoms with van der Waals surface area (Å²) in [4.78, 5) is 23.3. The van der Waals surface area contributed by atoms with Crippen molar-refractivity contribution in [2.75, 3.05) is 0 Å². The summed E-state index contributed by atoms with van der Waals surface area (Å²) in [6.45, 7) is 5.75. The zero-order valence-corrected chi connectivity index (χ0v) is 14.4. The number of hydrogen-bond donors (Lipinski definition) is 1. The molecule has 0 bridgehead atoms. The number of nitrogens with zero attached hydrogens (tertiary/aromatic N) is 1. The third kappa shape index (κ3) is 3.11. The Labute approximate surface area is 146 Å². The molecule has 1 N–H and O–H groups in total. The molecule has 0 aliphatic rings. The Hall–Kier alpha value is -3.14. The smallest absolute Gasteiger partial charge is 0.418 e. The van der Waals surface area contributed by atoms with E-state index in [1.165, 1.54) is 11.8 Å². The van der Waals surface area contributed by atoms with Gasteiger partial charge in [-0.3, -0.25) is 4.79 Å². The van der Waals surface area contributed by atoms with Crippen LogP contribution in [0.5, 0.6) is 0 Å². The highest BCUT2D eigenvalue weighted by molar-refractivity contribution is 5.76. The molecule has 0 aliphatic heterocycles. The van der Waals surface area contributed by atoms with Crippen LogP contribution in [0.15, 0.2) is 59.5 Å². The van der Waals surface area contributed by atoms with E-state index in [0.717, 1.165) is 27.8 Å². The van der Waals surface area contributed by atoms with Gasteiger partial charge in [0.05, 0.1) is 0 Å². The Morgan fingerprint density at radius 2 is 1.64 bits per heavy atom. The predicted octanol–water partition coefficient (Wildman–Crippen LogP) is 4.63. The van der Waals surface area contributed by atoms with Gasteiger partial charge in [-0.2, -0.15) is 0 Å². The summed E-state index contributed by atoms with van der Waals surface area (Å²) in [5.74, 6) is 0. The standard InChI is InChI=1S/C21H19NO3/c1-13-5-4-6-16(11-13)18-8-7-17(12-14(18)2)19-9-10-22(21(24)25)20(23)15(19)3/h4-12H,1-3H3,(H,24,25). The second kappa shape index (κ2) is 6.40. The van der Waals surface area contributed by atoms with E-state index in [-0.39, 0.29) is 0 Å². The SMILES string of the molecule is Cc1cccc(-c2ccc(-c3ccn(C(=O)O)c(=O)c3C)cc2C)c1. The van der Waals surface area contributed by atoms with Crippen LogP contribution in [0.2, 0.25) is 0 Å². The molecular formula is C21H19NO3. The number of hydrogen-bond acceptors (Lipinski definition) is 2. The molecule has 0 amide bonds. The van der Waals surface area contributed by atoms with Gasteiger partial charge in [-0.15, -0.1) is 0 Å². The van der Waals surface area contributed by atoms with Crippen molar-refractivity contribution in [1.29, 1.82) is 0 Å². The molecule has 2 aromatic carbocycles. The van der Waals surface area contributed by atoms with Crippen LogP contribution in [0.1, 0.15) is 16.7 Å². The molecule has 25 heavy (non-hydrogen) atoms. The maximum Gasteiger partial charge on any atom is 0.418 e. The van der Waals surface area contributed by atoms with Crippen molar-refractivity contribution in [2.24, 2.45) is 0 Å². The fourth-order valence-electron chi connectivity index (χ4n) is 3.07. The summed E-state index contributed by atoms with van der Waals surface area (Å²) >= 11 is 0. The molecule has 0 aliphatic carbocycles. The number of aromatic nitrogens is 1. The molecule has 0 radical (unpaired) electrons. The van der Waals surface area contributed by atoms with Crippen molar-refractivity contribution in [3.63, 3.8) is 0 Å². The van der Waals surface area contributed by atoms with Crippen molar-refractivity contribution < 1.29 is 9.90 Å². The second-order valence-electron chi connectivity index (χ2n) is 6.21. The minimum absolute atomic E-state index is 0.424. The molecule has 0 atom stereocenters. The van der Waals surface area contributed by atoms with Crippen molar-refractivity contribution in [3.8, 4) is 22.3 Å². The van der Waals surface area contributed by atoms with Crippen LogP contribution in [0.4, 0.5) is 4.79 Å². The molecule has 3 rings (SSSR count). The van der Waals surface area contributed by atoms with Gasteiger partial charge in [-0.1, -0.05) is 48.0 Å². The van der Waals surface area contributed by atoms with Gasteiger partial charge >= 0.3 is 6.09 Å². The summed E-state index contributed by atoms with van der Waals surface area (Å²) < 4.78 is 0.701. The Kier molecular flexibility index (Phi) is 4.28. The van der Waals surface area contributed by atoms with Crippen LogP contribution in [0, 0.1) is 20.8 Å². The summed E-state index contributed by atoms with van der Waals surface area (Å²) in [6, 6.07) is 16.0. The summed E-state index contributed by atoms with van der Waals surface area (Å²) in [7, 11) is 0. The largest absolute Gasteiger partial charge is 0.464 e. The minimum Gasteiger partial charge on any atom is -0.464 e. The number of benzene rings is 2. The normalized spacial score (nSPS) is 10.7. The average molecular weight is 333 g/mol. The molecule has 4 nitrogen and oxygen atoms in total. The lowest BCUT2D eigenvalue weighted by Crippen LogP contribution is -2.27. The topological polar surface area (TPSA) is 59.3 Å². The van der Waals surface area contributed by atoms with Gasteiger partial charge in [0.2, 0.25) is 0 Å². The lowest BCUT2D eigenvalue weighted by atomic mass is 9.94. The number of carboxylic acid groups (broad SMARTS) is 1. The highest BCUT2D eigenvalue weighted by atomic mass is 16.4.